The van der Waals surface area contributed by atoms with Gasteiger partial charge in [0.25, 0.3) is 0 Å². The maximum absolute atomic E-state index is 5.66. The molecule has 12 heavy (non-hydrogen) atoms. The van der Waals surface area contributed by atoms with Crippen LogP contribution in [0.25, 0.3) is 0 Å². The molecule has 0 aromatic carbocycles. The van der Waals surface area contributed by atoms with Crippen LogP contribution >= 0.6 is 11.6 Å². The van der Waals surface area contributed by atoms with Crippen LogP contribution in [0.4, 0.5) is 0 Å². The van der Waals surface area contributed by atoms with E-state index in [1.165, 1.54) is 12.8 Å². The molecule has 1 unspecified atom stereocenters. The van der Waals surface area contributed by atoms with Gasteiger partial charge in [-0.25, -0.2) is 0 Å². The fourth-order valence-electron chi connectivity index (χ4n) is 1.55. The lowest BCUT2D eigenvalue weighted by Crippen LogP contribution is -2.33. The molecule has 0 aromatic rings. The summed E-state index contributed by atoms with van der Waals surface area (Å²) in [5.41, 5.74) is 0. The molecule has 0 N–H and O–H groups in total. The molecule has 1 atom stereocenters. The number of halogens is 1. The molecule has 0 amide bonds. The lowest BCUT2D eigenvalue weighted by molar-refractivity contribution is 0.210. The van der Waals surface area contributed by atoms with Crippen LogP contribution in [0.2, 0.25) is 0 Å². The van der Waals surface area contributed by atoms with E-state index in [4.69, 9.17) is 11.6 Å². The quantitative estimate of drug-likeness (QED) is 0.559. The molecule has 74 valence electrons. The standard InChI is InChI=1S/C10H22ClN/c1-4-7-10(3)12(5-2)9-6-8-11/h10H,4-9H2,1-3H3. The molecule has 0 heterocycles. The van der Waals surface area contributed by atoms with Crippen LogP contribution in [0, 0.1) is 0 Å². The predicted octanol–water partition coefficient (Wildman–Crippen LogP) is 3.13. The van der Waals surface area contributed by atoms with Gasteiger partial charge in [-0.2, -0.15) is 0 Å². The second kappa shape index (κ2) is 7.88. The summed E-state index contributed by atoms with van der Waals surface area (Å²) in [6.45, 7) is 9.08. The van der Waals surface area contributed by atoms with Gasteiger partial charge in [0.2, 0.25) is 0 Å². The summed E-state index contributed by atoms with van der Waals surface area (Å²) in [7, 11) is 0. The van der Waals surface area contributed by atoms with E-state index in [1.807, 2.05) is 0 Å². The fourth-order valence-corrected chi connectivity index (χ4v) is 1.67. The Bertz CT molecular complexity index is 95.8. The average Bonchev–Trinajstić information content (AvgIpc) is 2.06. The normalized spacial score (nSPS) is 13.8. The van der Waals surface area contributed by atoms with Crippen molar-refractivity contribution in [2.75, 3.05) is 19.0 Å². The molecule has 2 heteroatoms. The van der Waals surface area contributed by atoms with Gasteiger partial charge in [0, 0.05) is 11.9 Å². The SMILES string of the molecule is CCCC(C)N(CC)CCCCl. The van der Waals surface area contributed by atoms with Crippen LogP contribution in [0.15, 0.2) is 0 Å². The largest absolute Gasteiger partial charge is 0.301 e. The number of alkyl halides is 1. The summed E-state index contributed by atoms with van der Waals surface area (Å²) < 4.78 is 0. The minimum Gasteiger partial charge on any atom is -0.301 e. The smallest absolute Gasteiger partial charge is 0.0235 e. The molecule has 0 bridgehead atoms. The highest BCUT2D eigenvalue weighted by Gasteiger charge is 2.09. The van der Waals surface area contributed by atoms with Crippen LogP contribution in [0.5, 0.6) is 0 Å². The first-order chi connectivity index (χ1) is 5.76. The van der Waals surface area contributed by atoms with Gasteiger partial charge < -0.3 is 4.90 Å². The molecule has 0 aromatic heterocycles. The first kappa shape index (κ1) is 12.2. The van der Waals surface area contributed by atoms with E-state index in [0.717, 1.165) is 31.4 Å². The van der Waals surface area contributed by atoms with Crippen molar-refractivity contribution in [3.05, 3.63) is 0 Å². The van der Waals surface area contributed by atoms with Gasteiger partial charge in [-0.15, -0.1) is 11.6 Å². The highest BCUT2D eigenvalue weighted by Crippen LogP contribution is 2.06. The lowest BCUT2D eigenvalue weighted by atomic mass is 10.1. The summed E-state index contributed by atoms with van der Waals surface area (Å²) >= 11 is 5.66. The van der Waals surface area contributed by atoms with Gasteiger partial charge in [-0.1, -0.05) is 20.3 Å². The first-order valence-corrected chi connectivity index (χ1v) is 5.59. The second-order valence-electron chi connectivity index (χ2n) is 3.31. The van der Waals surface area contributed by atoms with Crippen LogP contribution in [-0.2, 0) is 0 Å². The number of nitrogens with zero attached hydrogens (tertiary/aromatic N) is 1. The summed E-state index contributed by atoms with van der Waals surface area (Å²) in [6.07, 6.45) is 3.69. The molecule has 0 saturated heterocycles. The van der Waals surface area contributed by atoms with Crippen molar-refractivity contribution in [3.8, 4) is 0 Å². The Morgan fingerprint density at radius 1 is 1.33 bits per heavy atom. The molecule has 0 spiro atoms. The zero-order valence-electron chi connectivity index (χ0n) is 8.65. The lowest BCUT2D eigenvalue weighted by Gasteiger charge is -2.27. The highest BCUT2D eigenvalue weighted by molar-refractivity contribution is 6.17. The molecule has 0 aliphatic carbocycles. The molecule has 0 aliphatic heterocycles. The predicted molar refractivity (Wildman–Crippen MR) is 57.0 cm³/mol. The summed E-state index contributed by atoms with van der Waals surface area (Å²) in [4.78, 5) is 2.51. The maximum Gasteiger partial charge on any atom is 0.0235 e. The fraction of sp³-hybridized carbons (Fsp3) is 1.00. The maximum atomic E-state index is 5.66. The Balaban J connectivity index is 3.62. The Labute approximate surface area is 82.1 Å². The monoisotopic (exact) mass is 191 g/mol. The Morgan fingerprint density at radius 3 is 2.42 bits per heavy atom. The van der Waals surface area contributed by atoms with Crippen molar-refractivity contribution in [2.45, 2.75) is 46.1 Å². The van der Waals surface area contributed by atoms with Crippen LogP contribution in [0.3, 0.4) is 0 Å². The number of rotatable bonds is 7. The molecule has 0 fully saturated rings. The van der Waals surface area contributed by atoms with Gasteiger partial charge >= 0.3 is 0 Å². The van der Waals surface area contributed by atoms with E-state index in [1.54, 1.807) is 0 Å². The van der Waals surface area contributed by atoms with Crippen LogP contribution < -0.4 is 0 Å². The zero-order valence-corrected chi connectivity index (χ0v) is 9.40. The van der Waals surface area contributed by atoms with Crippen LogP contribution in [0.1, 0.15) is 40.0 Å². The van der Waals surface area contributed by atoms with Gasteiger partial charge in [0.1, 0.15) is 0 Å². The molecular weight excluding hydrogens is 170 g/mol. The second-order valence-corrected chi connectivity index (χ2v) is 3.69. The van der Waals surface area contributed by atoms with Crippen LogP contribution in [-0.4, -0.2) is 29.9 Å². The molecule has 0 rings (SSSR count). The van der Waals surface area contributed by atoms with Gasteiger partial charge in [-0.05, 0) is 32.9 Å². The van der Waals surface area contributed by atoms with E-state index >= 15 is 0 Å². The van der Waals surface area contributed by atoms with Gasteiger partial charge in [0.05, 0.1) is 0 Å². The third-order valence-corrected chi connectivity index (χ3v) is 2.58. The Hall–Kier alpha value is 0.250. The van der Waals surface area contributed by atoms with E-state index < -0.39 is 0 Å². The van der Waals surface area contributed by atoms with Crippen molar-refractivity contribution in [1.29, 1.82) is 0 Å². The molecule has 0 aliphatic rings. The summed E-state index contributed by atoms with van der Waals surface area (Å²) in [5.74, 6) is 0.787. The van der Waals surface area contributed by atoms with Crippen molar-refractivity contribution in [3.63, 3.8) is 0 Å². The molecule has 0 radical (unpaired) electrons. The third-order valence-electron chi connectivity index (χ3n) is 2.31. The van der Waals surface area contributed by atoms with Gasteiger partial charge in [-0.3, -0.25) is 0 Å². The van der Waals surface area contributed by atoms with E-state index in [9.17, 15) is 0 Å². The topological polar surface area (TPSA) is 3.24 Å². The Kier molecular flexibility index (Phi) is 8.04. The van der Waals surface area contributed by atoms with Crippen molar-refractivity contribution in [2.24, 2.45) is 0 Å². The van der Waals surface area contributed by atoms with Crippen molar-refractivity contribution in [1.82, 2.24) is 4.90 Å². The van der Waals surface area contributed by atoms with E-state index in [2.05, 4.69) is 25.7 Å². The van der Waals surface area contributed by atoms with Gasteiger partial charge in [0.15, 0.2) is 0 Å². The molecular formula is C10H22ClN. The Morgan fingerprint density at radius 2 is 2.00 bits per heavy atom. The van der Waals surface area contributed by atoms with E-state index in [-0.39, 0.29) is 0 Å². The summed E-state index contributed by atoms with van der Waals surface area (Å²) in [6, 6.07) is 0.725. The molecule has 0 saturated carbocycles. The minimum atomic E-state index is 0.725. The molecule has 1 nitrogen and oxygen atoms in total. The van der Waals surface area contributed by atoms with Crippen molar-refractivity contribution >= 4 is 11.6 Å². The summed E-state index contributed by atoms with van der Waals surface area (Å²) in [5, 5.41) is 0. The third kappa shape index (κ3) is 5.00. The zero-order chi connectivity index (χ0) is 9.40. The van der Waals surface area contributed by atoms with E-state index in [0.29, 0.717) is 0 Å². The highest BCUT2D eigenvalue weighted by atomic mass is 35.5. The van der Waals surface area contributed by atoms with Crippen molar-refractivity contribution < 1.29 is 0 Å². The average molecular weight is 192 g/mol. The first-order valence-electron chi connectivity index (χ1n) is 5.06. The minimum absolute atomic E-state index is 0.725. The number of hydrogen-bond acceptors (Lipinski definition) is 1. The number of hydrogen-bond donors (Lipinski definition) is 0.